The second-order valence-electron chi connectivity index (χ2n) is 5.84. The van der Waals surface area contributed by atoms with Crippen LogP contribution >= 0.6 is 0 Å². The third-order valence-electron chi connectivity index (χ3n) is 3.95. The van der Waals surface area contributed by atoms with Crippen LogP contribution in [-0.2, 0) is 9.84 Å². The van der Waals surface area contributed by atoms with E-state index in [-0.39, 0.29) is 6.04 Å². The maximum Gasteiger partial charge on any atom is 0.179 e. The molecule has 0 bridgehead atoms. The van der Waals surface area contributed by atoms with Crippen LogP contribution in [0.4, 0.5) is 5.82 Å². The molecule has 2 aromatic heterocycles. The van der Waals surface area contributed by atoms with Crippen molar-refractivity contribution in [3.63, 3.8) is 0 Å². The predicted octanol–water partition coefficient (Wildman–Crippen LogP) is 1.83. The first-order chi connectivity index (χ1) is 10.4. The smallest absolute Gasteiger partial charge is 0.179 e. The van der Waals surface area contributed by atoms with Gasteiger partial charge in [0.2, 0.25) is 0 Å². The second-order valence-corrected chi connectivity index (χ2v) is 7.82. The molecule has 0 saturated carbocycles. The first kappa shape index (κ1) is 15.0. The minimum Gasteiger partial charge on any atom is -0.353 e. The molecule has 3 rings (SSSR count). The van der Waals surface area contributed by atoms with Gasteiger partial charge in [-0.2, -0.15) is 5.10 Å². The van der Waals surface area contributed by atoms with Crippen molar-refractivity contribution in [2.24, 2.45) is 0 Å². The number of piperidine rings is 1. The molecule has 6 nitrogen and oxygen atoms in total. The van der Waals surface area contributed by atoms with Crippen LogP contribution in [0.5, 0.6) is 0 Å². The molecule has 3 heterocycles. The van der Waals surface area contributed by atoms with Gasteiger partial charge in [0.1, 0.15) is 10.7 Å². The van der Waals surface area contributed by atoms with Gasteiger partial charge in [0, 0.05) is 31.7 Å². The Kier molecular flexibility index (Phi) is 3.90. The second kappa shape index (κ2) is 5.72. The number of rotatable bonds is 3. The van der Waals surface area contributed by atoms with Gasteiger partial charge in [0.25, 0.3) is 0 Å². The van der Waals surface area contributed by atoms with E-state index >= 15 is 0 Å². The first-order valence-corrected chi connectivity index (χ1v) is 9.25. The number of hydrogen-bond donors (Lipinski definition) is 0. The van der Waals surface area contributed by atoms with Crippen LogP contribution in [0.3, 0.4) is 0 Å². The minimum atomic E-state index is -3.29. The highest BCUT2D eigenvalue weighted by Crippen LogP contribution is 2.29. The van der Waals surface area contributed by atoms with Gasteiger partial charge in [-0.15, -0.1) is 0 Å². The van der Waals surface area contributed by atoms with Gasteiger partial charge in [-0.25, -0.2) is 13.4 Å². The molecule has 0 radical (unpaired) electrons. The maximum atomic E-state index is 12.0. The van der Waals surface area contributed by atoms with Gasteiger partial charge in [0.15, 0.2) is 9.84 Å². The van der Waals surface area contributed by atoms with Crippen LogP contribution in [0.25, 0.3) is 0 Å². The molecule has 1 fully saturated rings. The van der Waals surface area contributed by atoms with E-state index in [0.717, 1.165) is 31.5 Å². The van der Waals surface area contributed by atoms with Crippen molar-refractivity contribution in [2.75, 3.05) is 24.2 Å². The van der Waals surface area contributed by atoms with Crippen LogP contribution < -0.4 is 4.90 Å². The van der Waals surface area contributed by atoms with Crippen LogP contribution in [0.15, 0.2) is 35.6 Å². The molecular formula is C15H20N4O2S. The maximum absolute atomic E-state index is 12.0. The Balaban J connectivity index is 1.90. The van der Waals surface area contributed by atoms with E-state index in [9.17, 15) is 8.42 Å². The van der Waals surface area contributed by atoms with Crippen molar-refractivity contribution in [2.45, 2.75) is 30.7 Å². The Morgan fingerprint density at radius 1 is 1.36 bits per heavy atom. The van der Waals surface area contributed by atoms with Gasteiger partial charge in [-0.3, -0.25) is 4.68 Å². The number of anilines is 1. The van der Waals surface area contributed by atoms with Crippen LogP contribution in [-0.4, -0.2) is 42.5 Å². The third kappa shape index (κ3) is 2.99. The standard InChI is InChI=1S/C15H20N4O2S/c1-12-9-17-19(10-12)13-5-4-8-18(11-13)15-14(22(2,20)21)6-3-7-16-15/h3,6-7,9-10,13H,4-5,8,11H2,1-2H3. The molecule has 0 aliphatic carbocycles. The van der Waals surface area contributed by atoms with E-state index in [0.29, 0.717) is 10.7 Å². The van der Waals surface area contributed by atoms with Gasteiger partial charge in [-0.05, 0) is 37.5 Å². The summed E-state index contributed by atoms with van der Waals surface area (Å²) in [6.07, 6.45) is 8.78. The normalized spacial score (nSPS) is 19.4. The molecule has 118 valence electrons. The van der Waals surface area contributed by atoms with E-state index in [1.54, 1.807) is 18.3 Å². The summed E-state index contributed by atoms with van der Waals surface area (Å²) in [5, 5.41) is 4.39. The van der Waals surface area contributed by atoms with Crippen LogP contribution in [0, 0.1) is 6.92 Å². The van der Waals surface area contributed by atoms with Crippen molar-refractivity contribution >= 4 is 15.7 Å². The topological polar surface area (TPSA) is 68.1 Å². The van der Waals surface area contributed by atoms with Crippen molar-refractivity contribution in [3.05, 3.63) is 36.3 Å². The fourth-order valence-corrected chi connectivity index (χ4v) is 3.74. The molecule has 0 amide bonds. The van der Waals surface area contributed by atoms with Gasteiger partial charge in [-0.1, -0.05) is 0 Å². The summed E-state index contributed by atoms with van der Waals surface area (Å²) in [5.41, 5.74) is 1.13. The molecule has 0 spiro atoms. The number of nitrogens with zero attached hydrogens (tertiary/aromatic N) is 4. The zero-order chi connectivity index (χ0) is 15.7. The Labute approximate surface area is 130 Å². The molecule has 7 heteroatoms. The molecule has 2 aromatic rings. The summed E-state index contributed by atoms with van der Waals surface area (Å²) < 4.78 is 25.9. The van der Waals surface area contributed by atoms with Crippen molar-refractivity contribution in [1.29, 1.82) is 0 Å². The predicted molar refractivity (Wildman–Crippen MR) is 84.8 cm³/mol. The van der Waals surface area contributed by atoms with E-state index < -0.39 is 9.84 Å². The van der Waals surface area contributed by atoms with Gasteiger partial charge in [0.05, 0.1) is 12.2 Å². The number of aryl methyl sites for hydroxylation is 1. The van der Waals surface area contributed by atoms with Gasteiger partial charge >= 0.3 is 0 Å². The average molecular weight is 320 g/mol. The summed E-state index contributed by atoms with van der Waals surface area (Å²) in [7, 11) is -3.29. The average Bonchev–Trinajstić information content (AvgIpc) is 2.93. The van der Waals surface area contributed by atoms with E-state index in [1.807, 2.05) is 24.0 Å². The molecule has 22 heavy (non-hydrogen) atoms. The monoisotopic (exact) mass is 320 g/mol. The fourth-order valence-electron chi connectivity index (χ4n) is 2.90. The summed E-state index contributed by atoms with van der Waals surface area (Å²) in [4.78, 5) is 6.67. The number of hydrogen-bond acceptors (Lipinski definition) is 5. The number of pyridine rings is 1. The lowest BCUT2D eigenvalue weighted by Gasteiger charge is -2.34. The Morgan fingerprint density at radius 2 is 2.18 bits per heavy atom. The molecule has 1 saturated heterocycles. The molecular weight excluding hydrogens is 300 g/mol. The lowest BCUT2D eigenvalue weighted by molar-refractivity contribution is 0.373. The summed E-state index contributed by atoms with van der Waals surface area (Å²) in [6.45, 7) is 3.56. The molecule has 1 aliphatic heterocycles. The molecule has 1 atom stereocenters. The molecule has 1 aliphatic rings. The van der Waals surface area contributed by atoms with Crippen LogP contribution in [0.1, 0.15) is 24.4 Å². The van der Waals surface area contributed by atoms with E-state index in [2.05, 4.69) is 15.0 Å². The molecule has 1 unspecified atom stereocenters. The molecule has 0 aromatic carbocycles. The zero-order valence-corrected chi connectivity index (χ0v) is 13.6. The Hall–Kier alpha value is -1.89. The SMILES string of the molecule is Cc1cnn(C2CCCN(c3ncccc3S(C)(=O)=O)C2)c1. The van der Waals surface area contributed by atoms with Crippen molar-refractivity contribution in [3.8, 4) is 0 Å². The molecule has 0 N–H and O–H groups in total. The minimum absolute atomic E-state index is 0.247. The summed E-state index contributed by atoms with van der Waals surface area (Å²) >= 11 is 0. The lowest BCUT2D eigenvalue weighted by Crippen LogP contribution is -2.38. The highest BCUT2D eigenvalue weighted by molar-refractivity contribution is 7.90. The lowest BCUT2D eigenvalue weighted by atomic mass is 10.1. The number of sulfone groups is 1. The highest BCUT2D eigenvalue weighted by Gasteiger charge is 2.26. The van der Waals surface area contributed by atoms with Crippen molar-refractivity contribution in [1.82, 2.24) is 14.8 Å². The van der Waals surface area contributed by atoms with E-state index in [4.69, 9.17) is 0 Å². The zero-order valence-electron chi connectivity index (χ0n) is 12.8. The summed E-state index contributed by atoms with van der Waals surface area (Å²) in [5.74, 6) is 0.554. The fraction of sp³-hybridized carbons (Fsp3) is 0.467. The Bertz CT molecular complexity index is 769. The quantitative estimate of drug-likeness (QED) is 0.863. The van der Waals surface area contributed by atoms with Crippen molar-refractivity contribution < 1.29 is 8.42 Å². The largest absolute Gasteiger partial charge is 0.353 e. The summed E-state index contributed by atoms with van der Waals surface area (Å²) in [6, 6.07) is 3.54. The van der Waals surface area contributed by atoms with Gasteiger partial charge < -0.3 is 4.90 Å². The van der Waals surface area contributed by atoms with E-state index in [1.165, 1.54) is 6.26 Å². The highest BCUT2D eigenvalue weighted by atomic mass is 32.2. The first-order valence-electron chi connectivity index (χ1n) is 7.36. The third-order valence-corrected chi connectivity index (χ3v) is 5.07. The van der Waals surface area contributed by atoms with Crippen LogP contribution in [0.2, 0.25) is 0 Å². The number of aromatic nitrogens is 3. The Morgan fingerprint density at radius 3 is 2.86 bits per heavy atom.